The molecule has 0 unspecified atom stereocenters. The summed E-state index contributed by atoms with van der Waals surface area (Å²) in [6.07, 6.45) is -0.321. The van der Waals surface area contributed by atoms with Crippen LogP contribution in [0.2, 0.25) is 0 Å². The van der Waals surface area contributed by atoms with E-state index < -0.39 is 17.9 Å². The van der Waals surface area contributed by atoms with Crippen LogP contribution in [-0.2, 0) is 23.9 Å². The molecule has 0 radical (unpaired) electrons. The molecule has 0 amide bonds. The summed E-state index contributed by atoms with van der Waals surface area (Å²) in [4.78, 5) is 25.1. The molecule has 2 heterocycles. The fourth-order valence-corrected chi connectivity index (χ4v) is 3.72. The molecule has 152 valence electrons. The van der Waals surface area contributed by atoms with Gasteiger partial charge in [-0.05, 0) is 41.5 Å². The highest BCUT2D eigenvalue weighted by Crippen LogP contribution is 2.36. The van der Waals surface area contributed by atoms with Crippen molar-refractivity contribution in [3.8, 4) is 0 Å². The average Bonchev–Trinajstić information content (AvgIpc) is 3.34. The summed E-state index contributed by atoms with van der Waals surface area (Å²) in [7, 11) is 0. The number of carbonyl (C=O) groups is 2. The van der Waals surface area contributed by atoms with Crippen molar-refractivity contribution in [3.63, 3.8) is 0 Å². The normalized spacial score (nSPS) is 12.9. The van der Waals surface area contributed by atoms with Gasteiger partial charge in [0, 0.05) is 6.42 Å². The maximum absolute atomic E-state index is 13.4. The highest BCUT2D eigenvalue weighted by atomic mass is 32.1. The van der Waals surface area contributed by atoms with Crippen molar-refractivity contribution in [2.75, 3.05) is 0 Å². The Labute approximate surface area is 168 Å². The van der Waals surface area contributed by atoms with Crippen LogP contribution in [0.4, 0.5) is 8.78 Å². The molecule has 1 aliphatic rings. The van der Waals surface area contributed by atoms with E-state index >= 15 is 0 Å². The minimum Gasteiger partial charge on any atom is -0.478 e. The molecule has 29 heavy (non-hydrogen) atoms. The molecule has 6 nitrogen and oxygen atoms in total. The lowest BCUT2D eigenvalue weighted by Crippen LogP contribution is -2.10. The Hall–Kier alpha value is -2.91. The first-order valence-corrected chi connectivity index (χ1v) is 9.48. The first-order chi connectivity index (χ1) is 13.7. The Morgan fingerprint density at radius 2 is 1.69 bits per heavy atom. The maximum Gasteiger partial charge on any atom is 0.335 e. The predicted octanol–water partition coefficient (Wildman–Crippen LogP) is 4.91. The summed E-state index contributed by atoms with van der Waals surface area (Å²) in [6, 6.07) is 9.26. The average molecular weight is 421 g/mol. The van der Waals surface area contributed by atoms with Crippen LogP contribution in [0.5, 0.6) is 0 Å². The standard InChI is InChI=1S/C11H9F2NO2S.C9H8O3/c1-2-11(12,13)10-14-7-4-3-6(9(15)16)5-8(7)17-10;10-9(11)6-1-2-7-4-12-5-8(7)3-6/h3-5H,2H2,1H3,(H,15,16);1-3H,4-5H2,(H,10,11). The van der Waals surface area contributed by atoms with Crippen molar-refractivity contribution < 1.29 is 33.3 Å². The topological polar surface area (TPSA) is 96.7 Å². The molecule has 0 aliphatic carbocycles. The van der Waals surface area contributed by atoms with Crippen molar-refractivity contribution in [2.24, 2.45) is 0 Å². The lowest BCUT2D eigenvalue weighted by Gasteiger charge is -2.08. The minimum absolute atomic E-state index is 0.0764. The first kappa shape index (κ1) is 20.8. The van der Waals surface area contributed by atoms with Crippen LogP contribution in [0.25, 0.3) is 10.2 Å². The summed E-state index contributed by atoms with van der Waals surface area (Å²) in [5.74, 6) is -4.92. The highest BCUT2D eigenvalue weighted by Gasteiger charge is 2.33. The van der Waals surface area contributed by atoms with Gasteiger partial charge in [-0.1, -0.05) is 13.0 Å². The zero-order valence-corrected chi connectivity index (χ0v) is 16.1. The number of carboxylic acids is 2. The Balaban J connectivity index is 0.000000176. The second kappa shape index (κ2) is 8.22. The number of rotatable bonds is 4. The molecule has 0 saturated carbocycles. The SMILES string of the molecule is CCC(F)(F)c1nc2ccc(C(=O)O)cc2s1.O=C(O)c1ccc2c(c1)COC2. The van der Waals surface area contributed by atoms with E-state index in [1.165, 1.54) is 25.1 Å². The van der Waals surface area contributed by atoms with Gasteiger partial charge in [-0.15, -0.1) is 11.3 Å². The molecular weight excluding hydrogens is 404 g/mol. The van der Waals surface area contributed by atoms with Crippen molar-refractivity contribution in [1.29, 1.82) is 0 Å². The number of carboxylic acid groups (broad SMARTS) is 2. The van der Waals surface area contributed by atoms with Gasteiger partial charge >= 0.3 is 11.9 Å². The van der Waals surface area contributed by atoms with Crippen LogP contribution >= 0.6 is 11.3 Å². The third-order valence-electron chi connectivity index (χ3n) is 4.36. The van der Waals surface area contributed by atoms with Crippen LogP contribution in [0.15, 0.2) is 36.4 Å². The van der Waals surface area contributed by atoms with E-state index in [9.17, 15) is 18.4 Å². The molecule has 2 aromatic carbocycles. The van der Waals surface area contributed by atoms with Gasteiger partial charge in [0.1, 0.15) is 0 Å². The minimum atomic E-state index is -2.95. The van der Waals surface area contributed by atoms with E-state index in [1.807, 2.05) is 6.07 Å². The van der Waals surface area contributed by atoms with Gasteiger partial charge in [-0.3, -0.25) is 0 Å². The molecule has 0 saturated heterocycles. The number of alkyl halides is 2. The van der Waals surface area contributed by atoms with E-state index in [2.05, 4.69) is 4.98 Å². The third-order valence-corrected chi connectivity index (χ3v) is 5.49. The summed E-state index contributed by atoms with van der Waals surface area (Å²) in [6.45, 7) is 2.53. The van der Waals surface area contributed by atoms with Gasteiger partial charge < -0.3 is 14.9 Å². The number of fused-ring (bicyclic) bond motifs is 2. The second-order valence-electron chi connectivity index (χ2n) is 6.35. The molecule has 1 aromatic heterocycles. The van der Waals surface area contributed by atoms with E-state index in [4.69, 9.17) is 14.9 Å². The van der Waals surface area contributed by atoms with Gasteiger partial charge in [0.25, 0.3) is 5.92 Å². The van der Waals surface area contributed by atoms with Crippen LogP contribution in [0.3, 0.4) is 0 Å². The zero-order chi connectivity index (χ0) is 21.2. The van der Waals surface area contributed by atoms with E-state index in [0.29, 0.717) is 29.0 Å². The molecule has 2 N–H and O–H groups in total. The predicted molar refractivity (Wildman–Crippen MR) is 103 cm³/mol. The Morgan fingerprint density at radius 1 is 1.07 bits per heavy atom. The Kier molecular flexibility index (Phi) is 5.90. The van der Waals surface area contributed by atoms with Gasteiger partial charge in [0.2, 0.25) is 0 Å². The number of halogens is 2. The molecule has 0 atom stereocenters. The second-order valence-corrected chi connectivity index (χ2v) is 7.38. The number of ether oxygens (including phenoxy) is 1. The number of aromatic carboxylic acids is 2. The fourth-order valence-electron chi connectivity index (χ4n) is 2.67. The number of nitrogens with zero attached hydrogens (tertiary/aromatic N) is 1. The summed E-state index contributed by atoms with van der Waals surface area (Å²) >= 11 is 0.836. The number of hydrogen-bond donors (Lipinski definition) is 2. The molecule has 0 spiro atoms. The molecular formula is C20H17F2NO5S. The molecule has 4 rings (SSSR count). The van der Waals surface area contributed by atoms with Gasteiger partial charge in [-0.2, -0.15) is 8.78 Å². The Bertz CT molecular complexity index is 1080. The van der Waals surface area contributed by atoms with Gasteiger partial charge in [-0.25, -0.2) is 14.6 Å². The third kappa shape index (κ3) is 4.57. The molecule has 1 aliphatic heterocycles. The van der Waals surface area contributed by atoms with Crippen molar-refractivity contribution in [1.82, 2.24) is 4.98 Å². The number of thiazole rings is 1. The molecule has 3 aromatic rings. The van der Waals surface area contributed by atoms with Gasteiger partial charge in [0.05, 0.1) is 34.6 Å². The van der Waals surface area contributed by atoms with Crippen molar-refractivity contribution in [3.05, 3.63) is 63.7 Å². The van der Waals surface area contributed by atoms with Crippen molar-refractivity contribution in [2.45, 2.75) is 32.5 Å². The quantitative estimate of drug-likeness (QED) is 0.621. The summed E-state index contributed by atoms with van der Waals surface area (Å²) in [5.41, 5.74) is 2.91. The molecule has 9 heteroatoms. The van der Waals surface area contributed by atoms with Crippen LogP contribution in [0.1, 0.15) is 50.2 Å². The highest BCUT2D eigenvalue weighted by molar-refractivity contribution is 7.18. The number of aromatic nitrogens is 1. The summed E-state index contributed by atoms with van der Waals surface area (Å²) in [5, 5.41) is 17.2. The van der Waals surface area contributed by atoms with E-state index in [-0.39, 0.29) is 17.0 Å². The largest absolute Gasteiger partial charge is 0.478 e. The van der Waals surface area contributed by atoms with Crippen LogP contribution in [0, 0.1) is 0 Å². The Morgan fingerprint density at radius 3 is 2.34 bits per heavy atom. The fraction of sp³-hybridized carbons (Fsp3) is 0.250. The monoisotopic (exact) mass is 421 g/mol. The lowest BCUT2D eigenvalue weighted by molar-refractivity contribution is -0.00829. The first-order valence-electron chi connectivity index (χ1n) is 8.66. The molecule has 0 fully saturated rings. The number of benzene rings is 2. The van der Waals surface area contributed by atoms with Crippen molar-refractivity contribution >= 4 is 33.5 Å². The van der Waals surface area contributed by atoms with Gasteiger partial charge in [0.15, 0.2) is 5.01 Å². The van der Waals surface area contributed by atoms with Crippen LogP contribution in [-0.4, -0.2) is 27.1 Å². The zero-order valence-electron chi connectivity index (χ0n) is 15.3. The van der Waals surface area contributed by atoms with E-state index in [0.717, 1.165) is 22.5 Å². The number of hydrogen-bond acceptors (Lipinski definition) is 5. The van der Waals surface area contributed by atoms with Crippen LogP contribution < -0.4 is 0 Å². The molecule has 0 bridgehead atoms. The summed E-state index contributed by atoms with van der Waals surface area (Å²) < 4.78 is 32.5. The van der Waals surface area contributed by atoms with E-state index in [1.54, 1.807) is 12.1 Å². The lowest BCUT2D eigenvalue weighted by atomic mass is 10.1. The smallest absolute Gasteiger partial charge is 0.335 e. The maximum atomic E-state index is 13.4.